The number of aryl methyl sites for hydroxylation is 3. The highest BCUT2D eigenvalue weighted by atomic mass is 16.4. The second-order valence-electron chi connectivity index (χ2n) is 8.41. The normalized spacial score (nSPS) is 11.7. The fourth-order valence-corrected chi connectivity index (χ4v) is 4.02. The number of anilines is 1. The summed E-state index contributed by atoms with van der Waals surface area (Å²) >= 11 is 0. The van der Waals surface area contributed by atoms with Gasteiger partial charge in [-0.1, -0.05) is 29.8 Å². The van der Waals surface area contributed by atoms with Crippen LogP contribution in [0.3, 0.4) is 0 Å². The molecule has 0 saturated heterocycles. The number of carboxylic acids is 1. The number of imidazole rings is 1. The Bertz CT molecular complexity index is 1300. The molecule has 1 amide bonds. The van der Waals surface area contributed by atoms with Gasteiger partial charge in [0.15, 0.2) is 11.8 Å². The largest absolute Gasteiger partial charge is 0.480 e. The van der Waals surface area contributed by atoms with Crippen LogP contribution in [0.1, 0.15) is 38.4 Å². The van der Waals surface area contributed by atoms with Gasteiger partial charge in [0.2, 0.25) is 0 Å². The molecule has 0 aliphatic heterocycles. The van der Waals surface area contributed by atoms with Crippen LogP contribution in [-0.4, -0.2) is 47.8 Å². The second-order valence-corrected chi connectivity index (χ2v) is 8.41. The van der Waals surface area contributed by atoms with Gasteiger partial charge in [0.25, 0.3) is 5.91 Å². The zero-order valence-corrected chi connectivity index (χ0v) is 19.7. The highest BCUT2D eigenvalue weighted by Gasteiger charge is 2.23. The van der Waals surface area contributed by atoms with E-state index in [1.54, 1.807) is 23.4 Å². The van der Waals surface area contributed by atoms with Crippen LogP contribution in [0.25, 0.3) is 5.69 Å². The van der Waals surface area contributed by atoms with Gasteiger partial charge in [-0.15, -0.1) is 5.10 Å². The number of hydrogen-bond donors (Lipinski definition) is 4. The van der Waals surface area contributed by atoms with Crippen LogP contribution in [0.15, 0.2) is 55.1 Å². The topological polar surface area (TPSA) is 138 Å². The van der Waals surface area contributed by atoms with Crippen molar-refractivity contribution in [3.8, 4) is 5.69 Å². The summed E-state index contributed by atoms with van der Waals surface area (Å²) in [6, 6.07) is 10.1. The van der Waals surface area contributed by atoms with Crippen LogP contribution in [0.4, 0.5) is 5.95 Å². The molecule has 10 heteroatoms. The van der Waals surface area contributed by atoms with Gasteiger partial charge in [-0.3, -0.25) is 4.79 Å². The van der Waals surface area contributed by atoms with E-state index in [0.717, 1.165) is 27.9 Å². The molecule has 2 aromatic carbocycles. The van der Waals surface area contributed by atoms with E-state index in [2.05, 4.69) is 30.7 Å². The number of benzene rings is 2. The lowest BCUT2D eigenvalue weighted by Crippen LogP contribution is -2.42. The number of rotatable bonds is 9. The molecule has 4 aromatic rings. The number of carbonyl (C=O) groups is 2. The number of aromatic amines is 1. The lowest BCUT2D eigenvalue weighted by atomic mass is 9.98. The van der Waals surface area contributed by atoms with Crippen LogP contribution in [0.2, 0.25) is 0 Å². The molecule has 0 fully saturated rings. The number of carbonyl (C=O) groups excluding carboxylic acids is 1. The molecule has 0 radical (unpaired) electrons. The van der Waals surface area contributed by atoms with Gasteiger partial charge in [-0.25, -0.2) is 19.4 Å². The SMILES string of the molecule is Cc1cc(C)c(C(=O)NC(Cc2ccc(-n3cnc(CNc4ncc[nH]4)n3)cc2)C(=O)O)c(C)c1. The van der Waals surface area contributed by atoms with Crippen LogP contribution in [0.5, 0.6) is 0 Å². The molecule has 0 saturated carbocycles. The summed E-state index contributed by atoms with van der Waals surface area (Å²) in [6.45, 7) is 6.08. The second kappa shape index (κ2) is 10.2. The zero-order valence-electron chi connectivity index (χ0n) is 19.7. The molecule has 0 spiro atoms. The monoisotopic (exact) mass is 473 g/mol. The van der Waals surface area contributed by atoms with Crippen molar-refractivity contribution in [2.45, 2.75) is 39.8 Å². The molecule has 0 aliphatic rings. The molecule has 0 aliphatic carbocycles. The molecule has 1 atom stereocenters. The molecule has 4 rings (SSSR count). The molecular formula is C25H27N7O3. The Morgan fingerprint density at radius 2 is 1.80 bits per heavy atom. The van der Waals surface area contributed by atoms with E-state index in [-0.39, 0.29) is 12.3 Å². The first-order valence-electron chi connectivity index (χ1n) is 11.1. The van der Waals surface area contributed by atoms with Crippen molar-refractivity contribution < 1.29 is 14.7 Å². The number of nitrogens with zero attached hydrogens (tertiary/aromatic N) is 4. The third-order valence-electron chi connectivity index (χ3n) is 5.60. The van der Waals surface area contributed by atoms with E-state index in [4.69, 9.17) is 0 Å². The highest BCUT2D eigenvalue weighted by Crippen LogP contribution is 2.17. The van der Waals surface area contributed by atoms with E-state index >= 15 is 0 Å². The standard InChI is InChI=1S/C25H27N7O3/c1-15-10-16(2)22(17(3)11-15)23(33)30-20(24(34)35)12-18-4-6-19(7-5-18)32-14-29-21(31-32)13-28-25-26-8-9-27-25/h4-11,14,20H,12-13H2,1-3H3,(H,30,33)(H,34,35)(H2,26,27,28). The molecular weight excluding hydrogens is 446 g/mol. The molecule has 2 aromatic heterocycles. The van der Waals surface area contributed by atoms with Crippen LogP contribution in [0, 0.1) is 20.8 Å². The summed E-state index contributed by atoms with van der Waals surface area (Å²) in [4.78, 5) is 36.1. The Kier molecular flexibility index (Phi) is 6.91. The maximum atomic E-state index is 12.9. The van der Waals surface area contributed by atoms with Gasteiger partial charge in [0.05, 0.1) is 12.2 Å². The van der Waals surface area contributed by atoms with Crippen LogP contribution >= 0.6 is 0 Å². The van der Waals surface area contributed by atoms with Crippen molar-refractivity contribution in [1.82, 2.24) is 30.0 Å². The number of nitrogens with one attached hydrogen (secondary N) is 3. The highest BCUT2D eigenvalue weighted by molar-refractivity contribution is 5.99. The number of aliphatic carboxylic acids is 1. The minimum Gasteiger partial charge on any atom is -0.480 e. The summed E-state index contributed by atoms with van der Waals surface area (Å²) < 4.78 is 1.64. The number of hydrogen-bond acceptors (Lipinski definition) is 6. The first-order chi connectivity index (χ1) is 16.8. The lowest BCUT2D eigenvalue weighted by molar-refractivity contribution is -0.139. The van der Waals surface area contributed by atoms with E-state index < -0.39 is 12.0 Å². The Morgan fingerprint density at radius 1 is 1.09 bits per heavy atom. The third kappa shape index (κ3) is 5.72. The third-order valence-corrected chi connectivity index (χ3v) is 5.60. The molecule has 0 bridgehead atoms. The fourth-order valence-electron chi connectivity index (χ4n) is 4.02. The average molecular weight is 474 g/mol. The van der Waals surface area contributed by atoms with E-state index in [1.807, 2.05) is 57.2 Å². The van der Waals surface area contributed by atoms with Crippen molar-refractivity contribution in [1.29, 1.82) is 0 Å². The lowest BCUT2D eigenvalue weighted by Gasteiger charge is -2.17. The molecule has 1 unspecified atom stereocenters. The summed E-state index contributed by atoms with van der Waals surface area (Å²) in [5, 5.41) is 19.9. The van der Waals surface area contributed by atoms with Crippen molar-refractivity contribution in [3.05, 3.63) is 88.8 Å². The minimum atomic E-state index is -1.09. The first-order valence-corrected chi connectivity index (χ1v) is 11.1. The smallest absolute Gasteiger partial charge is 0.326 e. The summed E-state index contributed by atoms with van der Waals surface area (Å²) in [5.74, 6) is -0.239. The quantitative estimate of drug-likeness (QED) is 0.293. The Hall–Kier alpha value is -4.47. The number of carboxylic acid groups (broad SMARTS) is 1. The maximum absolute atomic E-state index is 12.9. The number of amides is 1. The van der Waals surface area contributed by atoms with Gasteiger partial charge in [-0.05, 0) is 49.6 Å². The Labute approximate surface area is 202 Å². The van der Waals surface area contributed by atoms with Crippen molar-refractivity contribution in [2.75, 3.05) is 5.32 Å². The van der Waals surface area contributed by atoms with Crippen molar-refractivity contribution in [2.24, 2.45) is 0 Å². The summed E-state index contributed by atoms with van der Waals surface area (Å²) in [6.07, 6.45) is 5.14. The molecule has 180 valence electrons. The van der Waals surface area contributed by atoms with Crippen LogP contribution in [-0.2, 0) is 17.8 Å². The minimum absolute atomic E-state index is 0.154. The average Bonchev–Trinajstić information content (AvgIpc) is 3.49. The van der Waals surface area contributed by atoms with Crippen molar-refractivity contribution in [3.63, 3.8) is 0 Å². The predicted octanol–water partition coefficient (Wildman–Crippen LogP) is 2.95. The van der Waals surface area contributed by atoms with Gasteiger partial charge < -0.3 is 20.7 Å². The van der Waals surface area contributed by atoms with Gasteiger partial charge >= 0.3 is 5.97 Å². The molecule has 4 N–H and O–H groups in total. The molecule has 10 nitrogen and oxygen atoms in total. The maximum Gasteiger partial charge on any atom is 0.326 e. The van der Waals surface area contributed by atoms with E-state index in [9.17, 15) is 14.7 Å². The molecule has 35 heavy (non-hydrogen) atoms. The van der Waals surface area contributed by atoms with Crippen molar-refractivity contribution >= 4 is 17.8 Å². The Balaban J connectivity index is 1.41. The Morgan fingerprint density at radius 3 is 2.43 bits per heavy atom. The van der Waals surface area contributed by atoms with E-state index in [1.165, 1.54) is 0 Å². The summed E-state index contributed by atoms with van der Waals surface area (Å²) in [5.41, 5.74) is 4.77. The van der Waals surface area contributed by atoms with Gasteiger partial charge in [0.1, 0.15) is 12.4 Å². The zero-order chi connectivity index (χ0) is 24.9. The fraction of sp³-hybridized carbons (Fsp3) is 0.240. The molecule has 2 heterocycles. The number of aromatic nitrogens is 5. The predicted molar refractivity (Wildman–Crippen MR) is 131 cm³/mol. The first kappa shape index (κ1) is 23.7. The van der Waals surface area contributed by atoms with Gasteiger partial charge in [-0.2, -0.15) is 0 Å². The van der Waals surface area contributed by atoms with Crippen LogP contribution < -0.4 is 10.6 Å². The van der Waals surface area contributed by atoms with E-state index in [0.29, 0.717) is 23.9 Å². The number of H-pyrrole nitrogens is 1. The summed E-state index contributed by atoms with van der Waals surface area (Å²) in [7, 11) is 0. The van der Waals surface area contributed by atoms with Gasteiger partial charge in [0, 0.05) is 24.4 Å².